The minimum atomic E-state index is -2.90. The van der Waals surface area contributed by atoms with Gasteiger partial charge in [-0.2, -0.15) is 0 Å². The first-order valence-electron chi connectivity index (χ1n) is 5.38. The van der Waals surface area contributed by atoms with E-state index in [4.69, 9.17) is 5.73 Å². The van der Waals surface area contributed by atoms with E-state index >= 15 is 0 Å². The Morgan fingerprint density at radius 3 is 2.44 bits per heavy atom. The fraction of sp³-hybridized carbons (Fsp3) is 1.00. The number of nitrogens with two attached hydrogens (primary N) is 1. The minimum Gasteiger partial charge on any atom is -0.324 e. The van der Waals surface area contributed by atoms with Gasteiger partial charge in [0.05, 0.1) is 5.25 Å². The van der Waals surface area contributed by atoms with Crippen molar-refractivity contribution in [2.24, 2.45) is 5.73 Å². The lowest BCUT2D eigenvalue weighted by Crippen LogP contribution is -2.50. The summed E-state index contributed by atoms with van der Waals surface area (Å²) in [5, 5.41) is -0.200. The van der Waals surface area contributed by atoms with E-state index in [-0.39, 0.29) is 23.2 Å². The van der Waals surface area contributed by atoms with Gasteiger partial charge in [-0.05, 0) is 33.2 Å². The Morgan fingerprint density at radius 2 is 2.00 bits per heavy atom. The standard InChI is InChI=1S/C10H22N2O2S.ClH/c1-10(2,11)8-12-6-4-5-9(7-12)15(3,13)14;/h9H,4-8,11H2,1-3H3;1H. The molecule has 0 bridgehead atoms. The molecule has 1 fully saturated rings. The Kier molecular flexibility index (Phi) is 5.72. The highest BCUT2D eigenvalue weighted by atomic mass is 35.5. The van der Waals surface area contributed by atoms with Crippen molar-refractivity contribution in [3.63, 3.8) is 0 Å². The topological polar surface area (TPSA) is 63.4 Å². The van der Waals surface area contributed by atoms with Crippen LogP contribution in [-0.4, -0.2) is 50.0 Å². The number of hydrogen-bond acceptors (Lipinski definition) is 4. The molecule has 1 heterocycles. The fourth-order valence-electron chi connectivity index (χ4n) is 2.08. The van der Waals surface area contributed by atoms with E-state index in [1.54, 1.807) is 0 Å². The molecule has 0 amide bonds. The molecule has 6 heteroatoms. The Bertz CT molecular complexity index is 311. The largest absolute Gasteiger partial charge is 0.324 e. The molecule has 0 aromatic rings. The Balaban J connectivity index is 0.00000225. The van der Waals surface area contributed by atoms with Crippen LogP contribution in [0.5, 0.6) is 0 Å². The maximum Gasteiger partial charge on any atom is 0.151 e. The average Bonchev–Trinajstić information content (AvgIpc) is 1.99. The highest BCUT2D eigenvalue weighted by Gasteiger charge is 2.29. The van der Waals surface area contributed by atoms with Gasteiger partial charge in [0.25, 0.3) is 0 Å². The molecule has 1 saturated heterocycles. The molecule has 0 spiro atoms. The molecule has 0 aromatic carbocycles. The number of hydrogen-bond donors (Lipinski definition) is 1. The van der Waals surface area contributed by atoms with Gasteiger partial charge in [0, 0.05) is 24.9 Å². The van der Waals surface area contributed by atoms with Gasteiger partial charge >= 0.3 is 0 Å². The summed E-state index contributed by atoms with van der Waals surface area (Å²) in [6, 6.07) is 0. The van der Waals surface area contributed by atoms with E-state index in [1.807, 2.05) is 13.8 Å². The van der Waals surface area contributed by atoms with Crippen LogP contribution in [0.15, 0.2) is 0 Å². The second-order valence-corrected chi connectivity index (χ2v) is 7.64. The van der Waals surface area contributed by atoms with Gasteiger partial charge in [-0.1, -0.05) is 0 Å². The van der Waals surface area contributed by atoms with Crippen molar-refractivity contribution < 1.29 is 8.42 Å². The van der Waals surface area contributed by atoms with Gasteiger partial charge in [-0.25, -0.2) is 8.42 Å². The van der Waals surface area contributed by atoms with Crippen LogP contribution in [0.25, 0.3) is 0 Å². The lowest BCUT2D eigenvalue weighted by Gasteiger charge is -2.35. The van der Waals surface area contributed by atoms with Crippen molar-refractivity contribution in [2.75, 3.05) is 25.9 Å². The van der Waals surface area contributed by atoms with E-state index in [1.165, 1.54) is 6.26 Å². The van der Waals surface area contributed by atoms with E-state index in [0.717, 1.165) is 25.9 Å². The molecule has 0 saturated carbocycles. The maximum atomic E-state index is 11.4. The lowest BCUT2D eigenvalue weighted by molar-refractivity contribution is 0.193. The summed E-state index contributed by atoms with van der Waals surface area (Å²) in [6.07, 6.45) is 3.07. The number of rotatable bonds is 3. The molecule has 0 aliphatic carbocycles. The van der Waals surface area contributed by atoms with Gasteiger partial charge < -0.3 is 10.6 Å². The zero-order valence-electron chi connectivity index (χ0n) is 10.3. The van der Waals surface area contributed by atoms with Crippen LogP contribution in [0.1, 0.15) is 26.7 Å². The third-order valence-electron chi connectivity index (χ3n) is 2.70. The summed E-state index contributed by atoms with van der Waals surface area (Å²) in [5.74, 6) is 0. The zero-order chi connectivity index (χ0) is 11.7. The molecule has 16 heavy (non-hydrogen) atoms. The van der Waals surface area contributed by atoms with Gasteiger partial charge in [0.1, 0.15) is 0 Å². The number of likely N-dealkylation sites (tertiary alicyclic amines) is 1. The van der Waals surface area contributed by atoms with Crippen LogP contribution in [0.3, 0.4) is 0 Å². The Hall–Kier alpha value is 0.160. The smallest absolute Gasteiger partial charge is 0.151 e. The normalized spacial score (nSPS) is 23.9. The maximum absolute atomic E-state index is 11.4. The quantitative estimate of drug-likeness (QED) is 0.818. The molecule has 98 valence electrons. The van der Waals surface area contributed by atoms with Crippen molar-refractivity contribution in [1.82, 2.24) is 4.90 Å². The SMILES string of the molecule is CC(C)(N)CN1CCCC(S(C)(=O)=O)C1.Cl. The van der Waals surface area contributed by atoms with Crippen LogP contribution in [-0.2, 0) is 9.84 Å². The second kappa shape index (κ2) is 5.67. The summed E-state index contributed by atoms with van der Waals surface area (Å²) < 4.78 is 22.9. The molecule has 1 aliphatic rings. The predicted octanol–water partition coefficient (Wildman–Crippen LogP) is 0.654. The van der Waals surface area contributed by atoms with E-state index in [9.17, 15) is 8.42 Å². The van der Waals surface area contributed by atoms with Crippen molar-refractivity contribution in [2.45, 2.75) is 37.5 Å². The number of nitrogens with zero attached hydrogens (tertiary/aromatic N) is 1. The average molecular weight is 271 g/mol. The number of sulfone groups is 1. The van der Waals surface area contributed by atoms with E-state index in [0.29, 0.717) is 6.54 Å². The zero-order valence-corrected chi connectivity index (χ0v) is 11.9. The van der Waals surface area contributed by atoms with Crippen molar-refractivity contribution in [3.8, 4) is 0 Å². The highest BCUT2D eigenvalue weighted by Crippen LogP contribution is 2.17. The van der Waals surface area contributed by atoms with Crippen molar-refractivity contribution in [3.05, 3.63) is 0 Å². The van der Waals surface area contributed by atoms with Crippen molar-refractivity contribution in [1.29, 1.82) is 0 Å². The molecule has 1 atom stereocenters. The third kappa shape index (κ3) is 5.48. The summed E-state index contributed by atoms with van der Waals surface area (Å²) in [4.78, 5) is 2.16. The Labute approximate surface area is 105 Å². The third-order valence-corrected chi connectivity index (χ3v) is 4.29. The summed E-state index contributed by atoms with van der Waals surface area (Å²) in [6.45, 7) is 6.30. The van der Waals surface area contributed by atoms with Gasteiger partial charge in [-0.15, -0.1) is 12.4 Å². The minimum absolute atomic E-state index is 0. The molecule has 1 aliphatic heterocycles. The summed E-state index contributed by atoms with van der Waals surface area (Å²) in [5.41, 5.74) is 5.68. The Morgan fingerprint density at radius 1 is 1.44 bits per heavy atom. The van der Waals surface area contributed by atoms with E-state index in [2.05, 4.69) is 4.90 Å². The van der Waals surface area contributed by atoms with Gasteiger partial charge in [0.15, 0.2) is 9.84 Å². The molecule has 4 nitrogen and oxygen atoms in total. The molecule has 1 rings (SSSR count). The van der Waals surface area contributed by atoms with E-state index < -0.39 is 9.84 Å². The van der Waals surface area contributed by atoms with Gasteiger partial charge in [-0.3, -0.25) is 0 Å². The number of piperidine rings is 1. The first-order chi connectivity index (χ1) is 6.68. The van der Waals surface area contributed by atoms with Crippen LogP contribution in [0.2, 0.25) is 0 Å². The molecular formula is C10H23ClN2O2S. The van der Waals surface area contributed by atoms with Crippen LogP contribution >= 0.6 is 12.4 Å². The summed E-state index contributed by atoms with van der Waals surface area (Å²) in [7, 11) is -2.90. The van der Waals surface area contributed by atoms with Crippen LogP contribution < -0.4 is 5.73 Å². The van der Waals surface area contributed by atoms with Crippen molar-refractivity contribution >= 4 is 22.2 Å². The molecular weight excluding hydrogens is 248 g/mol. The predicted molar refractivity (Wildman–Crippen MR) is 69.8 cm³/mol. The summed E-state index contributed by atoms with van der Waals surface area (Å²) >= 11 is 0. The molecule has 2 N–H and O–H groups in total. The molecule has 0 aromatic heterocycles. The van der Waals surface area contributed by atoms with Crippen LogP contribution in [0.4, 0.5) is 0 Å². The lowest BCUT2D eigenvalue weighted by atomic mass is 10.0. The first kappa shape index (κ1) is 16.2. The van der Waals surface area contributed by atoms with Crippen LogP contribution in [0, 0.1) is 0 Å². The number of halogens is 1. The molecule has 1 unspecified atom stereocenters. The first-order valence-corrected chi connectivity index (χ1v) is 7.34. The van der Waals surface area contributed by atoms with Gasteiger partial charge in [0.2, 0.25) is 0 Å². The molecule has 0 radical (unpaired) electrons. The fourth-order valence-corrected chi connectivity index (χ4v) is 3.16. The highest BCUT2D eigenvalue weighted by molar-refractivity contribution is 7.91. The monoisotopic (exact) mass is 270 g/mol. The second-order valence-electron chi connectivity index (χ2n) is 5.32.